The lowest BCUT2D eigenvalue weighted by Crippen LogP contribution is -2.08. The molecule has 0 bridgehead atoms. The Kier molecular flexibility index (Phi) is 0.974. The molecular formula is C5H3N4O2-. The Morgan fingerprint density at radius 2 is 2.36 bits per heavy atom. The lowest BCUT2D eigenvalue weighted by Gasteiger charge is -2.02. The fourth-order valence-electron chi connectivity index (χ4n) is 0.841. The minimum atomic E-state index is -0.470. The molecule has 2 rings (SSSR count). The van der Waals surface area contributed by atoms with Gasteiger partial charge in [0.05, 0.1) is 12.7 Å². The molecule has 0 saturated carbocycles. The highest BCUT2D eigenvalue weighted by Gasteiger charge is 2.00. The summed E-state index contributed by atoms with van der Waals surface area (Å²) in [6.07, 6.45) is 2.21. The summed E-state index contributed by atoms with van der Waals surface area (Å²) in [5.74, 6) is 0. The third-order valence-electron chi connectivity index (χ3n) is 1.31. The van der Waals surface area contributed by atoms with E-state index in [0.29, 0.717) is 4.73 Å². The van der Waals surface area contributed by atoms with Crippen molar-refractivity contribution in [1.29, 1.82) is 0 Å². The van der Waals surface area contributed by atoms with E-state index in [1.54, 1.807) is 0 Å². The van der Waals surface area contributed by atoms with Crippen LogP contribution in [0.3, 0.4) is 0 Å². The van der Waals surface area contributed by atoms with Crippen LogP contribution in [0.2, 0.25) is 0 Å². The van der Waals surface area contributed by atoms with Gasteiger partial charge in [-0.05, 0) is 0 Å². The lowest BCUT2D eigenvalue weighted by atomic mass is 10.5. The number of H-pyrrole nitrogens is 1. The molecule has 0 radical (unpaired) electrons. The molecule has 0 amide bonds. The second kappa shape index (κ2) is 1.82. The Labute approximate surface area is 60.1 Å². The summed E-state index contributed by atoms with van der Waals surface area (Å²) >= 11 is 0. The fraction of sp³-hybridized carbons (Fsp3) is 0. The molecule has 0 fully saturated rings. The van der Waals surface area contributed by atoms with Crippen LogP contribution in [0.15, 0.2) is 17.4 Å². The van der Waals surface area contributed by atoms with Crippen molar-refractivity contribution in [2.75, 3.05) is 0 Å². The molecule has 0 aliphatic heterocycles. The molecule has 0 aromatic carbocycles. The lowest BCUT2D eigenvalue weighted by molar-refractivity contribution is 1.09. The van der Waals surface area contributed by atoms with Gasteiger partial charge >= 0.3 is 0 Å². The molecule has 0 aliphatic carbocycles. The second-order valence-electron chi connectivity index (χ2n) is 1.97. The Balaban J connectivity index is 3.08. The van der Waals surface area contributed by atoms with Crippen LogP contribution in [-0.2, 0) is 0 Å². The van der Waals surface area contributed by atoms with Crippen molar-refractivity contribution in [3.63, 3.8) is 0 Å². The first kappa shape index (κ1) is 5.90. The highest BCUT2D eigenvalue weighted by atomic mass is 16.5. The highest BCUT2D eigenvalue weighted by Crippen LogP contribution is 1.99. The van der Waals surface area contributed by atoms with Crippen LogP contribution >= 0.6 is 0 Å². The SMILES string of the molecule is O=c1[nH]cnc2ncn([O-])c12. The molecule has 1 N–H and O–H groups in total. The monoisotopic (exact) mass is 151 g/mol. The van der Waals surface area contributed by atoms with Gasteiger partial charge in [-0.2, -0.15) is 0 Å². The number of rotatable bonds is 0. The molecule has 2 aromatic rings. The summed E-state index contributed by atoms with van der Waals surface area (Å²) in [4.78, 5) is 20.5. The van der Waals surface area contributed by atoms with Gasteiger partial charge in [0.2, 0.25) is 0 Å². The van der Waals surface area contributed by atoms with E-state index in [0.717, 1.165) is 6.33 Å². The van der Waals surface area contributed by atoms with Crippen molar-refractivity contribution < 1.29 is 0 Å². The summed E-state index contributed by atoms with van der Waals surface area (Å²) in [7, 11) is 0. The highest BCUT2D eigenvalue weighted by molar-refractivity contribution is 5.69. The molecule has 56 valence electrons. The molecule has 0 saturated heterocycles. The summed E-state index contributed by atoms with van der Waals surface area (Å²) in [6, 6.07) is 0. The zero-order valence-electron chi connectivity index (χ0n) is 5.31. The molecule has 2 aromatic heterocycles. The van der Waals surface area contributed by atoms with Gasteiger partial charge in [-0.3, -0.25) is 4.79 Å². The minimum absolute atomic E-state index is 0.0486. The van der Waals surface area contributed by atoms with E-state index in [1.165, 1.54) is 6.33 Å². The summed E-state index contributed by atoms with van der Waals surface area (Å²) in [5.41, 5.74) is -0.348. The minimum Gasteiger partial charge on any atom is -0.804 e. The van der Waals surface area contributed by atoms with E-state index in [4.69, 9.17) is 0 Å². The molecule has 2 heterocycles. The molecule has 6 heteroatoms. The Bertz CT molecular complexity index is 443. The van der Waals surface area contributed by atoms with Crippen molar-refractivity contribution in [2.24, 2.45) is 0 Å². The average molecular weight is 151 g/mol. The van der Waals surface area contributed by atoms with Gasteiger partial charge in [0.25, 0.3) is 5.56 Å². The summed E-state index contributed by atoms with van der Waals surface area (Å²) in [5, 5.41) is 10.8. The number of nitrogens with zero attached hydrogens (tertiary/aromatic N) is 3. The van der Waals surface area contributed by atoms with Crippen LogP contribution in [0, 0.1) is 5.21 Å². The van der Waals surface area contributed by atoms with E-state index in [1.807, 2.05) is 0 Å². The van der Waals surface area contributed by atoms with Gasteiger partial charge in [0, 0.05) is 0 Å². The van der Waals surface area contributed by atoms with E-state index < -0.39 is 5.56 Å². The Morgan fingerprint density at radius 1 is 1.55 bits per heavy atom. The van der Waals surface area contributed by atoms with E-state index >= 15 is 0 Å². The number of hydrogen-bond acceptors (Lipinski definition) is 4. The van der Waals surface area contributed by atoms with Crippen LogP contribution in [0.1, 0.15) is 0 Å². The second-order valence-corrected chi connectivity index (χ2v) is 1.97. The number of nitrogens with one attached hydrogen (secondary N) is 1. The average Bonchev–Trinajstić information content (AvgIpc) is 2.34. The number of imidazole rings is 1. The summed E-state index contributed by atoms with van der Waals surface area (Å²) < 4.78 is 0.390. The standard InChI is InChI=1S/C5H3N4O2/c10-5-3-4(6-1-7-5)8-2-9(3)11/h1-2H,(H,6,7,10)/q-1. The van der Waals surface area contributed by atoms with Crippen molar-refractivity contribution in [2.45, 2.75) is 0 Å². The van der Waals surface area contributed by atoms with Crippen molar-refractivity contribution in [3.8, 4) is 0 Å². The zero-order valence-corrected chi connectivity index (χ0v) is 5.31. The quantitative estimate of drug-likeness (QED) is 0.548. The van der Waals surface area contributed by atoms with Crippen molar-refractivity contribution in [1.82, 2.24) is 19.7 Å². The van der Waals surface area contributed by atoms with Gasteiger partial charge in [-0.15, -0.1) is 0 Å². The first-order valence-corrected chi connectivity index (χ1v) is 2.87. The van der Waals surface area contributed by atoms with Crippen molar-refractivity contribution >= 4 is 11.2 Å². The van der Waals surface area contributed by atoms with Gasteiger partial charge in [-0.1, -0.05) is 0 Å². The first-order valence-electron chi connectivity index (χ1n) is 2.87. The van der Waals surface area contributed by atoms with E-state index in [2.05, 4.69) is 15.0 Å². The Morgan fingerprint density at radius 3 is 3.09 bits per heavy atom. The van der Waals surface area contributed by atoms with Gasteiger partial charge in [0.15, 0.2) is 5.65 Å². The molecule has 0 aliphatic rings. The maximum absolute atomic E-state index is 10.9. The van der Waals surface area contributed by atoms with Gasteiger partial charge in [-0.25, -0.2) is 9.97 Å². The third kappa shape index (κ3) is 0.689. The van der Waals surface area contributed by atoms with Crippen LogP contribution in [-0.4, -0.2) is 19.7 Å². The molecule has 0 unspecified atom stereocenters. The zero-order chi connectivity index (χ0) is 7.84. The molecule has 6 nitrogen and oxygen atoms in total. The maximum atomic E-state index is 10.9. The predicted molar refractivity (Wildman–Crippen MR) is 36.9 cm³/mol. The molecule has 0 atom stereocenters. The van der Waals surface area contributed by atoms with E-state index in [-0.39, 0.29) is 11.2 Å². The maximum Gasteiger partial charge on any atom is 0.276 e. The number of hydrogen-bond donors (Lipinski definition) is 1. The van der Waals surface area contributed by atoms with Crippen LogP contribution in [0.25, 0.3) is 11.2 Å². The van der Waals surface area contributed by atoms with Crippen molar-refractivity contribution in [3.05, 3.63) is 28.2 Å². The van der Waals surface area contributed by atoms with Gasteiger partial charge in [0.1, 0.15) is 5.52 Å². The predicted octanol–water partition coefficient (Wildman–Crippen LogP) is -0.534. The Hall–Kier alpha value is -1.85. The van der Waals surface area contributed by atoms with Crippen LogP contribution in [0.4, 0.5) is 0 Å². The fourth-order valence-corrected chi connectivity index (χ4v) is 0.841. The number of aromatic amines is 1. The molecular weight excluding hydrogens is 148 g/mol. The first-order chi connectivity index (χ1) is 5.29. The number of aromatic nitrogens is 4. The van der Waals surface area contributed by atoms with Crippen LogP contribution in [0.5, 0.6) is 0 Å². The summed E-state index contributed by atoms with van der Waals surface area (Å²) in [6.45, 7) is 0. The third-order valence-corrected chi connectivity index (χ3v) is 1.31. The normalized spacial score (nSPS) is 10.5. The molecule has 11 heavy (non-hydrogen) atoms. The van der Waals surface area contributed by atoms with Crippen LogP contribution < -0.4 is 5.56 Å². The topological polar surface area (TPSA) is 86.6 Å². The molecule has 0 spiro atoms. The number of fused-ring (bicyclic) bond motifs is 1. The smallest absolute Gasteiger partial charge is 0.276 e. The van der Waals surface area contributed by atoms with Gasteiger partial charge < -0.3 is 14.9 Å². The largest absolute Gasteiger partial charge is 0.804 e. The van der Waals surface area contributed by atoms with E-state index in [9.17, 15) is 10.0 Å².